The van der Waals surface area contributed by atoms with Crippen LogP contribution in [0.2, 0.25) is 0 Å². The lowest BCUT2D eigenvalue weighted by molar-refractivity contribution is -0.119. The fourth-order valence-electron chi connectivity index (χ4n) is 2.22. The van der Waals surface area contributed by atoms with E-state index in [1.807, 2.05) is 12.1 Å². The largest absolute Gasteiger partial charge is 0.497 e. The van der Waals surface area contributed by atoms with Crippen LogP contribution in [0, 0.1) is 5.92 Å². The Kier molecular flexibility index (Phi) is 6.10. The van der Waals surface area contributed by atoms with Crippen molar-refractivity contribution in [1.82, 2.24) is 0 Å². The summed E-state index contributed by atoms with van der Waals surface area (Å²) in [5.41, 5.74) is 6.56. The van der Waals surface area contributed by atoms with E-state index in [0.717, 1.165) is 35.2 Å². The summed E-state index contributed by atoms with van der Waals surface area (Å²) in [5, 5.41) is 2.93. The number of halogens is 2. The van der Waals surface area contributed by atoms with Crippen LogP contribution in [0.4, 0.5) is 5.69 Å². The van der Waals surface area contributed by atoms with Gasteiger partial charge in [0.2, 0.25) is 5.91 Å². The van der Waals surface area contributed by atoms with Crippen molar-refractivity contribution in [3.63, 3.8) is 0 Å². The average Bonchev–Trinajstić information content (AvgIpc) is 2.79. The number of rotatable bonds is 3. The third-order valence-electron chi connectivity index (χ3n) is 3.28. The summed E-state index contributed by atoms with van der Waals surface area (Å²) >= 11 is 3.41. The van der Waals surface area contributed by atoms with E-state index in [4.69, 9.17) is 10.5 Å². The second-order valence-electron chi connectivity index (χ2n) is 4.61. The summed E-state index contributed by atoms with van der Waals surface area (Å²) in [6.07, 6.45) is 2.57. The molecule has 19 heavy (non-hydrogen) atoms. The van der Waals surface area contributed by atoms with Crippen molar-refractivity contribution in [2.45, 2.75) is 25.3 Å². The average molecular weight is 350 g/mol. The summed E-state index contributed by atoms with van der Waals surface area (Å²) < 4.78 is 5.99. The molecule has 106 valence electrons. The molecule has 0 bridgehead atoms. The van der Waals surface area contributed by atoms with Crippen molar-refractivity contribution in [3.8, 4) is 5.75 Å². The Hall–Kier alpha value is -0.780. The second-order valence-corrected chi connectivity index (χ2v) is 5.46. The number of nitrogens with two attached hydrogens (primary N) is 1. The van der Waals surface area contributed by atoms with Gasteiger partial charge in [0, 0.05) is 22.5 Å². The van der Waals surface area contributed by atoms with Crippen molar-refractivity contribution >= 4 is 39.9 Å². The molecule has 2 unspecified atom stereocenters. The van der Waals surface area contributed by atoms with Crippen LogP contribution >= 0.6 is 28.3 Å². The molecule has 6 heteroatoms. The van der Waals surface area contributed by atoms with Crippen LogP contribution < -0.4 is 15.8 Å². The Balaban J connectivity index is 0.00000180. The lowest BCUT2D eigenvalue weighted by Crippen LogP contribution is -2.23. The molecule has 1 aliphatic carbocycles. The first kappa shape index (κ1) is 16.3. The van der Waals surface area contributed by atoms with Crippen LogP contribution in [0.25, 0.3) is 0 Å². The van der Waals surface area contributed by atoms with Crippen LogP contribution in [-0.2, 0) is 4.79 Å². The van der Waals surface area contributed by atoms with E-state index in [2.05, 4.69) is 21.2 Å². The van der Waals surface area contributed by atoms with Gasteiger partial charge in [0.05, 0.1) is 12.8 Å². The van der Waals surface area contributed by atoms with Gasteiger partial charge in [0.15, 0.2) is 0 Å². The lowest BCUT2D eigenvalue weighted by atomic mass is 10.1. The van der Waals surface area contributed by atoms with Gasteiger partial charge in [-0.3, -0.25) is 4.79 Å². The first-order chi connectivity index (χ1) is 8.60. The molecule has 1 aromatic rings. The molecule has 0 aliphatic heterocycles. The summed E-state index contributed by atoms with van der Waals surface area (Å²) in [5.74, 6) is 0.784. The molecule has 0 saturated heterocycles. The molecular formula is C13H18BrClN2O2. The van der Waals surface area contributed by atoms with Gasteiger partial charge in [0.1, 0.15) is 5.75 Å². The third-order valence-corrected chi connectivity index (χ3v) is 3.97. The van der Waals surface area contributed by atoms with Gasteiger partial charge in [-0.2, -0.15) is 0 Å². The van der Waals surface area contributed by atoms with Crippen molar-refractivity contribution < 1.29 is 9.53 Å². The van der Waals surface area contributed by atoms with Crippen molar-refractivity contribution in [2.24, 2.45) is 11.7 Å². The van der Waals surface area contributed by atoms with Crippen LogP contribution in [0.3, 0.4) is 0 Å². The molecule has 1 aromatic carbocycles. The number of amides is 1. The number of carbonyl (C=O) groups is 1. The Bertz CT molecular complexity index is 456. The maximum Gasteiger partial charge on any atom is 0.227 e. The highest BCUT2D eigenvalue weighted by Gasteiger charge is 2.28. The fourth-order valence-corrected chi connectivity index (χ4v) is 2.56. The maximum absolute atomic E-state index is 12.1. The standard InChI is InChI=1S/C13H17BrN2O2.ClH/c1-18-10-4-5-11(14)12(7-10)16-13(17)8-2-3-9(15)6-8;/h4-5,7-9H,2-3,6,15H2,1H3,(H,16,17);1H. The number of hydrogen-bond donors (Lipinski definition) is 2. The maximum atomic E-state index is 12.1. The molecule has 3 N–H and O–H groups in total. The number of anilines is 1. The van der Waals surface area contributed by atoms with Gasteiger partial charge >= 0.3 is 0 Å². The van der Waals surface area contributed by atoms with E-state index in [-0.39, 0.29) is 30.3 Å². The number of benzene rings is 1. The highest BCUT2D eigenvalue weighted by molar-refractivity contribution is 9.10. The smallest absolute Gasteiger partial charge is 0.227 e. The summed E-state index contributed by atoms with van der Waals surface area (Å²) in [4.78, 5) is 12.1. The zero-order valence-electron chi connectivity index (χ0n) is 10.7. The minimum atomic E-state index is 0. The molecule has 1 saturated carbocycles. The van der Waals surface area contributed by atoms with Crippen LogP contribution in [0.5, 0.6) is 5.75 Å². The number of carbonyl (C=O) groups excluding carboxylic acids is 1. The zero-order valence-corrected chi connectivity index (χ0v) is 13.1. The summed E-state index contributed by atoms with van der Waals surface area (Å²) in [7, 11) is 1.60. The predicted octanol–water partition coefficient (Wildman–Crippen LogP) is 2.95. The topological polar surface area (TPSA) is 64.3 Å². The van der Waals surface area contributed by atoms with Gasteiger partial charge in [0.25, 0.3) is 0 Å². The minimum Gasteiger partial charge on any atom is -0.497 e. The lowest BCUT2D eigenvalue weighted by Gasteiger charge is -2.13. The normalized spacial score (nSPS) is 21.6. The fraction of sp³-hybridized carbons (Fsp3) is 0.462. The van der Waals surface area contributed by atoms with Gasteiger partial charge in [-0.15, -0.1) is 12.4 Å². The van der Waals surface area contributed by atoms with E-state index in [0.29, 0.717) is 0 Å². The van der Waals surface area contributed by atoms with Crippen molar-refractivity contribution in [2.75, 3.05) is 12.4 Å². The third kappa shape index (κ3) is 4.09. The van der Waals surface area contributed by atoms with Gasteiger partial charge < -0.3 is 15.8 Å². The zero-order chi connectivity index (χ0) is 13.1. The van der Waals surface area contributed by atoms with Crippen molar-refractivity contribution in [1.29, 1.82) is 0 Å². The quantitative estimate of drug-likeness (QED) is 0.882. The highest BCUT2D eigenvalue weighted by atomic mass is 79.9. The van der Waals surface area contributed by atoms with E-state index in [1.165, 1.54) is 0 Å². The number of ether oxygens (including phenoxy) is 1. The Morgan fingerprint density at radius 3 is 2.79 bits per heavy atom. The predicted molar refractivity (Wildman–Crippen MR) is 81.9 cm³/mol. The molecule has 4 nitrogen and oxygen atoms in total. The molecule has 0 heterocycles. The SMILES string of the molecule is COc1ccc(Br)c(NC(=O)C2CCC(N)C2)c1.Cl. The van der Waals surface area contributed by atoms with E-state index in [1.54, 1.807) is 13.2 Å². The first-order valence-electron chi connectivity index (χ1n) is 6.00. The molecule has 0 spiro atoms. The molecule has 0 aromatic heterocycles. The minimum absolute atomic E-state index is 0. The first-order valence-corrected chi connectivity index (χ1v) is 6.79. The van der Waals surface area contributed by atoms with Crippen LogP contribution in [0.1, 0.15) is 19.3 Å². The van der Waals surface area contributed by atoms with Crippen LogP contribution in [0.15, 0.2) is 22.7 Å². The Labute approximate surface area is 127 Å². The van der Waals surface area contributed by atoms with Crippen molar-refractivity contribution in [3.05, 3.63) is 22.7 Å². The molecular weight excluding hydrogens is 332 g/mol. The monoisotopic (exact) mass is 348 g/mol. The van der Waals surface area contributed by atoms with E-state index in [9.17, 15) is 4.79 Å². The number of nitrogens with one attached hydrogen (secondary N) is 1. The van der Waals surface area contributed by atoms with Gasteiger partial charge in [-0.1, -0.05) is 0 Å². The molecule has 2 atom stereocenters. The highest BCUT2D eigenvalue weighted by Crippen LogP contribution is 2.30. The van der Waals surface area contributed by atoms with Gasteiger partial charge in [-0.25, -0.2) is 0 Å². The number of hydrogen-bond acceptors (Lipinski definition) is 3. The van der Waals surface area contributed by atoms with E-state index < -0.39 is 0 Å². The Morgan fingerprint density at radius 1 is 1.47 bits per heavy atom. The molecule has 1 fully saturated rings. The Morgan fingerprint density at radius 2 is 2.21 bits per heavy atom. The van der Waals surface area contributed by atoms with Gasteiger partial charge in [-0.05, 0) is 47.3 Å². The molecule has 1 aliphatic rings. The second kappa shape index (κ2) is 7.12. The summed E-state index contributed by atoms with van der Waals surface area (Å²) in [6.45, 7) is 0. The number of methoxy groups -OCH3 is 1. The molecule has 1 amide bonds. The van der Waals surface area contributed by atoms with E-state index >= 15 is 0 Å². The summed E-state index contributed by atoms with van der Waals surface area (Å²) in [6, 6.07) is 5.66. The van der Waals surface area contributed by atoms with Crippen LogP contribution in [-0.4, -0.2) is 19.1 Å². The molecule has 2 rings (SSSR count). The molecule has 0 radical (unpaired) electrons.